The van der Waals surface area contributed by atoms with Crippen LogP contribution in [-0.4, -0.2) is 25.3 Å². The lowest BCUT2D eigenvalue weighted by atomic mass is 10.0. The Morgan fingerprint density at radius 1 is 1.06 bits per heavy atom. The lowest BCUT2D eigenvalue weighted by Crippen LogP contribution is -2.34. The minimum atomic E-state index is 0.333. The Hall–Kier alpha value is -0.0800. The molecule has 2 heteroatoms. The van der Waals surface area contributed by atoms with E-state index in [-0.39, 0.29) is 0 Å². The Labute approximate surface area is 109 Å². The molecule has 0 radical (unpaired) electrons. The van der Waals surface area contributed by atoms with Crippen LogP contribution in [-0.2, 0) is 4.74 Å². The molecular formula is C15H33NO. The van der Waals surface area contributed by atoms with Crippen LogP contribution in [0.3, 0.4) is 0 Å². The van der Waals surface area contributed by atoms with Gasteiger partial charge in [-0.2, -0.15) is 0 Å². The van der Waals surface area contributed by atoms with Crippen LogP contribution in [0, 0.1) is 5.92 Å². The predicted octanol–water partition coefficient (Wildman–Crippen LogP) is 4.00. The molecule has 0 aliphatic carbocycles. The largest absolute Gasteiger partial charge is 0.377 e. The summed E-state index contributed by atoms with van der Waals surface area (Å²) in [6, 6.07) is 0.600. The molecule has 0 aromatic heterocycles. The first kappa shape index (κ1) is 16.9. The van der Waals surface area contributed by atoms with Crippen molar-refractivity contribution in [2.45, 2.75) is 78.9 Å². The molecule has 0 heterocycles. The third-order valence-electron chi connectivity index (χ3n) is 3.53. The molecule has 0 aromatic carbocycles. The molecule has 3 unspecified atom stereocenters. The second kappa shape index (κ2) is 11.0. The molecule has 104 valence electrons. The van der Waals surface area contributed by atoms with Crippen molar-refractivity contribution in [3.05, 3.63) is 0 Å². The van der Waals surface area contributed by atoms with Gasteiger partial charge in [0.15, 0.2) is 0 Å². The Balaban J connectivity index is 3.61. The van der Waals surface area contributed by atoms with E-state index in [4.69, 9.17) is 4.74 Å². The van der Waals surface area contributed by atoms with E-state index in [0.717, 1.165) is 19.1 Å². The first-order chi connectivity index (χ1) is 8.13. The second-order valence-corrected chi connectivity index (χ2v) is 5.28. The van der Waals surface area contributed by atoms with Crippen molar-refractivity contribution in [2.75, 3.05) is 13.2 Å². The Morgan fingerprint density at radius 3 is 2.29 bits per heavy atom. The molecule has 0 aliphatic heterocycles. The number of ether oxygens (including phenoxy) is 1. The topological polar surface area (TPSA) is 21.3 Å². The van der Waals surface area contributed by atoms with E-state index in [1.54, 1.807) is 0 Å². The lowest BCUT2D eigenvalue weighted by Gasteiger charge is -2.20. The van der Waals surface area contributed by atoms with Gasteiger partial charge in [-0.15, -0.1) is 0 Å². The molecule has 3 atom stereocenters. The molecule has 0 fully saturated rings. The summed E-state index contributed by atoms with van der Waals surface area (Å²) in [6.07, 6.45) is 6.70. The highest BCUT2D eigenvalue weighted by Gasteiger charge is 2.09. The highest BCUT2D eigenvalue weighted by atomic mass is 16.5. The molecule has 0 saturated heterocycles. The highest BCUT2D eigenvalue weighted by molar-refractivity contribution is 4.63. The maximum absolute atomic E-state index is 5.92. The van der Waals surface area contributed by atoms with Gasteiger partial charge in [0, 0.05) is 19.2 Å². The van der Waals surface area contributed by atoms with Gasteiger partial charge in [0.1, 0.15) is 0 Å². The summed E-state index contributed by atoms with van der Waals surface area (Å²) in [4.78, 5) is 0. The van der Waals surface area contributed by atoms with Crippen LogP contribution < -0.4 is 5.32 Å². The van der Waals surface area contributed by atoms with E-state index in [0.29, 0.717) is 12.1 Å². The SMILES string of the molecule is CCCCC(CC)COC(C)CNC(C)CC. The van der Waals surface area contributed by atoms with E-state index in [1.165, 1.54) is 32.1 Å². The maximum atomic E-state index is 5.92. The predicted molar refractivity (Wildman–Crippen MR) is 76.5 cm³/mol. The van der Waals surface area contributed by atoms with Crippen molar-refractivity contribution in [2.24, 2.45) is 5.92 Å². The number of hydrogen-bond acceptors (Lipinski definition) is 2. The Kier molecular flexibility index (Phi) is 11.0. The van der Waals surface area contributed by atoms with Gasteiger partial charge < -0.3 is 10.1 Å². The summed E-state index contributed by atoms with van der Waals surface area (Å²) in [6.45, 7) is 13.0. The van der Waals surface area contributed by atoms with Crippen molar-refractivity contribution < 1.29 is 4.74 Å². The van der Waals surface area contributed by atoms with Gasteiger partial charge in [0.25, 0.3) is 0 Å². The normalized spacial score (nSPS) is 16.8. The van der Waals surface area contributed by atoms with Crippen molar-refractivity contribution in [1.29, 1.82) is 0 Å². The zero-order valence-electron chi connectivity index (χ0n) is 12.6. The number of unbranched alkanes of at least 4 members (excludes halogenated alkanes) is 1. The molecule has 0 spiro atoms. The van der Waals surface area contributed by atoms with Gasteiger partial charge in [-0.3, -0.25) is 0 Å². The molecule has 0 amide bonds. The molecule has 17 heavy (non-hydrogen) atoms. The zero-order valence-corrected chi connectivity index (χ0v) is 12.6. The second-order valence-electron chi connectivity index (χ2n) is 5.28. The molecule has 0 rings (SSSR count). The average molecular weight is 243 g/mol. The van der Waals surface area contributed by atoms with Crippen molar-refractivity contribution >= 4 is 0 Å². The first-order valence-electron chi connectivity index (χ1n) is 7.48. The molecule has 2 nitrogen and oxygen atoms in total. The summed E-state index contributed by atoms with van der Waals surface area (Å²) in [5.41, 5.74) is 0. The van der Waals surface area contributed by atoms with Crippen molar-refractivity contribution in [1.82, 2.24) is 5.32 Å². The summed E-state index contributed by atoms with van der Waals surface area (Å²) < 4.78 is 5.92. The van der Waals surface area contributed by atoms with E-state index in [1.807, 2.05) is 0 Å². The van der Waals surface area contributed by atoms with E-state index in [9.17, 15) is 0 Å². The van der Waals surface area contributed by atoms with Gasteiger partial charge in [-0.25, -0.2) is 0 Å². The van der Waals surface area contributed by atoms with Crippen LogP contribution in [0.5, 0.6) is 0 Å². The number of hydrogen-bond donors (Lipinski definition) is 1. The van der Waals surface area contributed by atoms with Gasteiger partial charge >= 0.3 is 0 Å². The zero-order chi connectivity index (χ0) is 13.1. The van der Waals surface area contributed by atoms with E-state index >= 15 is 0 Å². The minimum absolute atomic E-state index is 0.333. The quantitative estimate of drug-likeness (QED) is 0.592. The van der Waals surface area contributed by atoms with Crippen LogP contribution in [0.4, 0.5) is 0 Å². The lowest BCUT2D eigenvalue weighted by molar-refractivity contribution is 0.0356. The third kappa shape index (κ3) is 9.61. The van der Waals surface area contributed by atoms with Gasteiger partial charge in [0.2, 0.25) is 0 Å². The summed E-state index contributed by atoms with van der Waals surface area (Å²) in [5, 5.41) is 3.49. The average Bonchev–Trinajstić information content (AvgIpc) is 2.36. The molecule has 0 aromatic rings. The van der Waals surface area contributed by atoms with Gasteiger partial charge in [0.05, 0.1) is 6.10 Å². The minimum Gasteiger partial charge on any atom is -0.377 e. The van der Waals surface area contributed by atoms with E-state index < -0.39 is 0 Å². The van der Waals surface area contributed by atoms with Crippen molar-refractivity contribution in [3.63, 3.8) is 0 Å². The van der Waals surface area contributed by atoms with Crippen LogP contribution >= 0.6 is 0 Å². The molecular weight excluding hydrogens is 210 g/mol. The maximum Gasteiger partial charge on any atom is 0.0671 e. The fraction of sp³-hybridized carbons (Fsp3) is 1.00. The van der Waals surface area contributed by atoms with Gasteiger partial charge in [-0.1, -0.05) is 40.0 Å². The number of nitrogens with one attached hydrogen (secondary N) is 1. The summed E-state index contributed by atoms with van der Waals surface area (Å²) in [5.74, 6) is 0.751. The van der Waals surface area contributed by atoms with E-state index in [2.05, 4.69) is 39.9 Å². The number of rotatable bonds is 11. The first-order valence-corrected chi connectivity index (χ1v) is 7.48. The van der Waals surface area contributed by atoms with Crippen molar-refractivity contribution in [3.8, 4) is 0 Å². The fourth-order valence-corrected chi connectivity index (χ4v) is 1.77. The standard InChI is InChI=1S/C15H33NO/c1-6-9-10-15(8-3)12-17-14(5)11-16-13(4)7-2/h13-16H,6-12H2,1-5H3. The van der Waals surface area contributed by atoms with Crippen LogP contribution in [0.15, 0.2) is 0 Å². The molecule has 0 aliphatic rings. The van der Waals surface area contributed by atoms with Gasteiger partial charge in [-0.05, 0) is 32.6 Å². The summed E-state index contributed by atoms with van der Waals surface area (Å²) in [7, 11) is 0. The Bertz CT molecular complexity index is 161. The molecule has 0 bridgehead atoms. The fourth-order valence-electron chi connectivity index (χ4n) is 1.77. The van der Waals surface area contributed by atoms with Crippen LogP contribution in [0.25, 0.3) is 0 Å². The molecule has 1 N–H and O–H groups in total. The third-order valence-corrected chi connectivity index (χ3v) is 3.53. The Morgan fingerprint density at radius 2 is 1.76 bits per heavy atom. The molecule has 0 saturated carbocycles. The van der Waals surface area contributed by atoms with Crippen LogP contribution in [0.2, 0.25) is 0 Å². The highest BCUT2D eigenvalue weighted by Crippen LogP contribution is 2.13. The summed E-state index contributed by atoms with van der Waals surface area (Å²) >= 11 is 0. The monoisotopic (exact) mass is 243 g/mol. The smallest absolute Gasteiger partial charge is 0.0671 e. The van der Waals surface area contributed by atoms with Crippen LogP contribution in [0.1, 0.15) is 66.7 Å².